The van der Waals surface area contributed by atoms with Gasteiger partial charge in [0.15, 0.2) is 0 Å². The van der Waals surface area contributed by atoms with Crippen LogP contribution in [0.1, 0.15) is 37.8 Å². The first-order valence-corrected chi connectivity index (χ1v) is 8.31. The van der Waals surface area contributed by atoms with Gasteiger partial charge >= 0.3 is 0 Å². The monoisotopic (exact) mass is 309 g/mol. The number of ether oxygens (including phenoxy) is 2. The molecule has 3 rings (SSSR count). The topological polar surface area (TPSA) is 30.5 Å². The zero-order chi connectivity index (χ0) is 14.7. The number of hydrogen-bond acceptors (Lipinski definition) is 3. The molecular weight excluding hydrogens is 286 g/mol. The predicted molar refractivity (Wildman–Crippen MR) is 84.7 cm³/mol. The maximum absolute atomic E-state index is 6.07. The Hall–Kier alpha value is -0.610. The van der Waals surface area contributed by atoms with E-state index in [1.54, 1.807) is 0 Å². The highest BCUT2D eigenvalue weighted by atomic mass is 35.5. The Bertz CT molecular complexity index is 456. The van der Waals surface area contributed by atoms with Crippen LogP contribution in [0.5, 0.6) is 0 Å². The first kappa shape index (κ1) is 15.3. The molecule has 1 N–H and O–H groups in total. The average Bonchev–Trinajstić information content (AvgIpc) is 2.94. The lowest BCUT2D eigenvalue weighted by Gasteiger charge is -2.40. The van der Waals surface area contributed by atoms with Crippen LogP contribution in [-0.2, 0) is 9.47 Å². The van der Waals surface area contributed by atoms with E-state index in [4.69, 9.17) is 21.1 Å². The van der Waals surface area contributed by atoms with Crippen LogP contribution in [0.3, 0.4) is 0 Å². The van der Waals surface area contributed by atoms with Crippen molar-refractivity contribution in [1.29, 1.82) is 0 Å². The molecule has 0 bridgehead atoms. The van der Waals surface area contributed by atoms with E-state index in [1.165, 1.54) is 5.56 Å². The zero-order valence-corrected chi connectivity index (χ0v) is 13.4. The molecule has 0 radical (unpaired) electrons. The van der Waals surface area contributed by atoms with Gasteiger partial charge in [-0.15, -0.1) is 0 Å². The second kappa shape index (κ2) is 6.66. The molecule has 0 aliphatic carbocycles. The lowest BCUT2D eigenvalue weighted by atomic mass is 9.79. The van der Waals surface area contributed by atoms with E-state index in [-0.39, 0.29) is 5.60 Å². The summed E-state index contributed by atoms with van der Waals surface area (Å²) in [6.45, 7) is 5.55. The second-order valence-electron chi connectivity index (χ2n) is 6.17. The van der Waals surface area contributed by atoms with Crippen molar-refractivity contribution in [2.24, 2.45) is 5.92 Å². The van der Waals surface area contributed by atoms with Crippen molar-refractivity contribution >= 4 is 11.6 Å². The molecule has 2 heterocycles. The van der Waals surface area contributed by atoms with Crippen LogP contribution < -0.4 is 5.32 Å². The summed E-state index contributed by atoms with van der Waals surface area (Å²) >= 11 is 6.02. The van der Waals surface area contributed by atoms with Gasteiger partial charge in [0.25, 0.3) is 0 Å². The zero-order valence-electron chi connectivity index (χ0n) is 12.6. The fourth-order valence-electron chi connectivity index (χ4n) is 3.66. The third-order valence-corrected chi connectivity index (χ3v) is 4.97. The minimum atomic E-state index is -0.0387. The van der Waals surface area contributed by atoms with Crippen LogP contribution in [0, 0.1) is 5.92 Å². The average molecular weight is 310 g/mol. The van der Waals surface area contributed by atoms with E-state index in [0.29, 0.717) is 12.0 Å². The molecule has 21 heavy (non-hydrogen) atoms. The number of hydrogen-bond donors (Lipinski definition) is 1. The molecule has 2 aliphatic rings. The summed E-state index contributed by atoms with van der Waals surface area (Å²) in [6, 6.07) is 8.62. The molecule has 3 unspecified atom stereocenters. The van der Waals surface area contributed by atoms with Crippen molar-refractivity contribution in [3.05, 3.63) is 34.9 Å². The number of benzene rings is 1. The van der Waals surface area contributed by atoms with Crippen molar-refractivity contribution in [2.75, 3.05) is 26.4 Å². The highest BCUT2D eigenvalue weighted by Crippen LogP contribution is 2.41. The van der Waals surface area contributed by atoms with E-state index < -0.39 is 0 Å². The number of halogens is 1. The molecule has 3 atom stereocenters. The standard InChI is InChI=1S/C17H24ClNO2/c1-2-19-16(13-3-5-15(18)6-4-13)14-7-9-21-17(11-14)8-10-20-12-17/h3-6,14,16,19H,2,7-12H2,1H3. The minimum absolute atomic E-state index is 0.0387. The Labute approximate surface area is 132 Å². The molecule has 2 saturated heterocycles. The van der Waals surface area contributed by atoms with E-state index >= 15 is 0 Å². The van der Waals surface area contributed by atoms with Gasteiger partial charge in [-0.2, -0.15) is 0 Å². The molecule has 0 amide bonds. The third-order valence-electron chi connectivity index (χ3n) is 4.72. The fraction of sp³-hybridized carbons (Fsp3) is 0.647. The van der Waals surface area contributed by atoms with Gasteiger partial charge < -0.3 is 14.8 Å². The van der Waals surface area contributed by atoms with Crippen LogP contribution in [-0.4, -0.2) is 32.0 Å². The van der Waals surface area contributed by atoms with Crippen LogP contribution in [0.15, 0.2) is 24.3 Å². The number of rotatable bonds is 4. The molecule has 2 aliphatic heterocycles. The summed E-state index contributed by atoms with van der Waals surface area (Å²) < 4.78 is 11.7. The summed E-state index contributed by atoms with van der Waals surface area (Å²) in [5.74, 6) is 0.585. The molecule has 2 fully saturated rings. The van der Waals surface area contributed by atoms with Crippen molar-refractivity contribution in [3.63, 3.8) is 0 Å². The van der Waals surface area contributed by atoms with Crippen LogP contribution in [0.25, 0.3) is 0 Å². The third kappa shape index (κ3) is 3.42. The normalized spacial score (nSPS) is 30.7. The highest BCUT2D eigenvalue weighted by Gasteiger charge is 2.43. The SMILES string of the molecule is CCNC(c1ccc(Cl)cc1)C1CCOC2(CCOC2)C1. The van der Waals surface area contributed by atoms with Crippen molar-refractivity contribution < 1.29 is 9.47 Å². The molecule has 1 spiro atoms. The first-order chi connectivity index (χ1) is 10.2. The summed E-state index contributed by atoms with van der Waals surface area (Å²) in [6.07, 6.45) is 3.21. The molecular formula is C17H24ClNO2. The van der Waals surface area contributed by atoms with Gasteiger partial charge in [-0.25, -0.2) is 0 Å². The van der Waals surface area contributed by atoms with E-state index in [1.807, 2.05) is 12.1 Å². The largest absolute Gasteiger partial charge is 0.378 e. The van der Waals surface area contributed by atoms with Crippen LogP contribution >= 0.6 is 11.6 Å². The molecule has 4 heteroatoms. The highest BCUT2D eigenvalue weighted by molar-refractivity contribution is 6.30. The van der Waals surface area contributed by atoms with Gasteiger partial charge in [0.05, 0.1) is 12.2 Å². The minimum Gasteiger partial charge on any atom is -0.378 e. The summed E-state index contributed by atoms with van der Waals surface area (Å²) in [5.41, 5.74) is 1.28. The predicted octanol–water partition coefficient (Wildman–Crippen LogP) is 3.58. The molecule has 0 aromatic heterocycles. The van der Waals surface area contributed by atoms with Gasteiger partial charge in [-0.1, -0.05) is 30.7 Å². The lowest BCUT2D eigenvalue weighted by Crippen LogP contribution is -2.44. The van der Waals surface area contributed by atoms with Crippen LogP contribution in [0.4, 0.5) is 0 Å². The smallest absolute Gasteiger partial charge is 0.0940 e. The van der Waals surface area contributed by atoms with Gasteiger partial charge in [0.2, 0.25) is 0 Å². The first-order valence-electron chi connectivity index (χ1n) is 7.93. The Morgan fingerprint density at radius 3 is 2.81 bits per heavy atom. The lowest BCUT2D eigenvalue weighted by molar-refractivity contribution is -0.103. The maximum atomic E-state index is 6.07. The molecule has 1 aromatic carbocycles. The Morgan fingerprint density at radius 1 is 1.33 bits per heavy atom. The van der Waals surface area contributed by atoms with Crippen molar-refractivity contribution in [1.82, 2.24) is 5.32 Å². The Kier molecular flexibility index (Phi) is 4.85. The van der Waals surface area contributed by atoms with Crippen molar-refractivity contribution in [2.45, 2.75) is 37.8 Å². The fourth-order valence-corrected chi connectivity index (χ4v) is 3.79. The van der Waals surface area contributed by atoms with Crippen molar-refractivity contribution in [3.8, 4) is 0 Å². The summed E-state index contributed by atoms with van der Waals surface area (Å²) in [4.78, 5) is 0. The Morgan fingerprint density at radius 2 is 2.14 bits per heavy atom. The number of nitrogens with one attached hydrogen (secondary N) is 1. The molecule has 116 valence electrons. The second-order valence-corrected chi connectivity index (χ2v) is 6.61. The van der Waals surface area contributed by atoms with Gasteiger partial charge in [0.1, 0.15) is 0 Å². The van der Waals surface area contributed by atoms with E-state index in [2.05, 4.69) is 24.4 Å². The maximum Gasteiger partial charge on any atom is 0.0940 e. The quantitative estimate of drug-likeness (QED) is 0.922. The molecule has 0 saturated carbocycles. The van der Waals surface area contributed by atoms with E-state index in [9.17, 15) is 0 Å². The van der Waals surface area contributed by atoms with E-state index in [0.717, 1.165) is 50.7 Å². The summed E-state index contributed by atoms with van der Waals surface area (Å²) in [7, 11) is 0. The van der Waals surface area contributed by atoms with Gasteiger partial charge in [0, 0.05) is 30.7 Å². The van der Waals surface area contributed by atoms with Gasteiger partial charge in [-0.05, 0) is 43.0 Å². The molecule has 1 aromatic rings. The van der Waals surface area contributed by atoms with Crippen LogP contribution in [0.2, 0.25) is 5.02 Å². The van der Waals surface area contributed by atoms with Gasteiger partial charge in [-0.3, -0.25) is 0 Å². The summed E-state index contributed by atoms with van der Waals surface area (Å²) in [5, 5.41) is 4.45. The Balaban J connectivity index is 1.78. The molecule has 3 nitrogen and oxygen atoms in total.